The van der Waals surface area contributed by atoms with Gasteiger partial charge in [0.05, 0.1) is 26.4 Å². The molecule has 1 heterocycles. The molecule has 1 saturated heterocycles. The van der Waals surface area contributed by atoms with Gasteiger partial charge in [0.25, 0.3) is 0 Å². The van der Waals surface area contributed by atoms with Gasteiger partial charge in [0.15, 0.2) is 6.10 Å². The molecule has 0 saturated carbocycles. The summed E-state index contributed by atoms with van der Waals surface area (Å²) in [7, 11) is 0. The third-order valence-corrected chi connectivity index (χ3v) is 3.10. The Balaban J connectivity index is 0.000000980. The van der Waals surface area contributed by atoms with E-state index in [1.54, 1.807) is 0 Å². The van der Waals surface area contributed by atoms with Crippen molar-refractivity contribution in [3.05, 3.63) is 0 Å². The molecular weight excluding hydrogens is 296 g/mol. The van der Waals surface area contributed by atoms with E-state index >= 15 is 0 Å². The van der Waals surface area contributed by atoms with E-state index < -0.39 is 37.0 Å². The lowest BCUT2D eigenvalue weighted by molar-refractivity contribution is -0.162. The standard InChI is InChI=1S/C12H22O6.C2H6O2/c1-2-3-4-5-10(15)18-9(6-13)12-11(16)8(14)7-17-12;3-1-2-4/h8-9,11-14,16H,2-7H2,1H3;3-4H,1-2H2/t8-,9+,11+,12+;/m0./s1. The van der Waals surface area contributed by atoms with Crippen molar-refractivity contribution in [3.63, 3.8) is 0 Å². The number of aliphatic hydroxyl groups is 5. The molecule has 1 fully saturated rings. The first-order chi connectivity index (χ1) is 10.5. The molecule has 0 aromatic rings. The highest BCUT2D eigenvalue weighted by Gasteiger charge is 2.41. The molecule has 1 aliphatic heterocycles. The van der Waals surface area contributed by atoms with Gasteiger partial charge in [-0.25, -0.2) is 0 Å². The van der Waals surface area contributed by atoms with Crippen LogP contribution in [0.25, 0.3) is 0 Å². The van der Waals surface area contributed by atoms with Crippen molar-refractivity contribution in [1.82, 2.24) is 0 Å². The van der Waals surface area contributed by atoms with E-state index in [1.807, 2.05) is 6.92 Å². The van der Waals surface area contributed by atoms with Crippen LogP contribution in [0.15, 0.2) is 0 Å². The van der Waals surface area contributed by atoms with E-state index in [0.29, 0.717) is 0 Å². The Labute approximate surface area is 130 Å². The zero-order valence-electron chi connectivity index (χ0n) is 12.9. The van der Waals surface area contributed by atoms with Crippen LogP contribution in [0.5, 0.6) is 0 Å². The van der Waals surface area contributed by atoms with Gasteiger partial charge in [0.1, 0.15) is 18.3 Å². The van der Waals surface area contributed by atoms with Crippen LogP contribution >= 0.6 is 0 Å². The average Bonchev–Trinajstić information content (AvgIpc) is 2.85. The van der Waals surface area contributed by atoms with Crippen LogP contribution in [0.3, 0.4) is 0 Å². The number of ether oxygens (including phenoxy) is 2. The van der Waals surface area contributed by atoms with Crippen molar-refractivity contribution in [3.8, 4) is 0 Å². The number of unbranched alkanes of at least 4 members (excludes halogenated alkanes) is 2. The normalized spacial score (nSPS) is 25.3. The van der Waals surface area contributed by atoms with Gasteiger partial charge in [-0.1, -0.05) is 19.8 Å². The van der Waals surface area contributed by atoms with Gasteiger partial charge < -0.3 is 35.0 Å². The maximum atomic E-state index is 11.5. The summed E-state index contributed by atoms with van der Waals surface area (Å²) in [5.41, 5.74) is 0. The number of hydrogen-bond acceptors (Lipinski definition) is 8. The molecule has 1 aliphatic rings. The molecule has 0 radical (unpaired) electrons. The van der Waals surface area contributed by atoms with E-state index in [0.717, 1.165) is 19.3 Å². The zero-order valence-corrected chi connectivity index (χ0v) is 12.9. The molecular formula is C14H28O8. The topological polar surface area (TPSA) is 137 Å². The minimum atomic E-state index is -1.13. The largest absolute Gasteiger partial charge is 0.457 e. The fourth-order valence-corrected chi connectivity index (χ4v) is 1.91. The van der Waals surface area contributed by atoms with Crippen molar-refractivity contribution in [1.29, 1.82) is 0 Å². The van der Waals surface area contributed by atoms with E-state index in [2.05, 4.69) is 0 Å². The Morgan fingerprint density at radius 2 is 1.86 bits per heavy atom. The minimum Gasteiger partial charge on any atom is -0.457 e. The Bertz CT molecular complexity index is 284. The number of esters is 1. The van der Waals surface area contributed by atoms with Crippen LogP contribution in [0.2, 0.25) is 0 Å². The van der Waals surface area contributed by atoms with Crippen LogP contribution < -0.4 is 0 Å². The van der Waals surface area contributed by atoms with Gasteiger partial charge >= 0.3 is 5.97 Å². The summed E-state index contributed by atoms with van der Waals surface area (Å²) in [6.45, 7) is 1.33. The molecule has 1 rings (SSSR count). The fourth-order valence-electron chi connectivity index (χ4n) is 1.91. The van der Waals surface area contributed by atoms with E-state index in [9.17, 15) is 15.0 Å². The van der Waals surface area contributed by atoms with Gasteiger partial charge in [-0.2, -0.15) is 0 Å². The van der Waals surface area contributed by atoms with Gasteiger partial charge in [0.2, 0.25) is 0 Å². The molecule has 22 heavy (non-hydrogen) atoms. The minimum absolute atomic E-state index is 0.0181. The predicted molar refractivity (Wildman–Crippen MR) is 77.0 cm³/mol. The second-order valence-electron chi connectivity index (χ2n) is 4.97. The molecule has 8 nitrogen and oxygen atoms in total. The lowest BCUT2D eigenvalue weighted by atomic mass is 10.1. The number of carbonyl (C=O) groups excluding carboxylic acids is 1. The van der Waals surface area contributed by atoms with E-state index in [4.69, 9.17) is 24.8 Å². The summed E-state index contributed by atoms with van der Waals surface area (Å²) in [5, 5.41) is 43.3. The summed E-state index contributed by atoms with van der Waals surface area (Å²) >= 11 is 0. The SMILES string of the molecule is CCCCCC(=O)O[C@H](CO)[C@H]1OC[C@H](O)[C@H]1O.OCCO. The zero-order chi connectivity index (χ0) is 17.0. The first kappa shape index (κ1) is 21.2. The molecule has 0 amide bonds. The molecule has 4 atom stereocenters. The van der Waals surface area contributed by atoms with E-state index in [-0.39, 0.29) is 26.2 Å². The highest BCUT2D eigenvalue weighted by Crippen LogP contribution is 2.20. The lowest BCUT2D eigenvalue weighted by Gasteiger charge is -2.23. The maximum Gasteiger partial charge on any atom is 0.306 e. The third kappa shape index (κ3) is 8.02. The summed E-state index contributed by atoms with van der Waals surface area (Å²) in [6, 6.07) is 0. The smallest absolute Gasteiger partial charge is 0.306 e. The molecule has 0 aliphatic carbocycles. The Morgan fingerprint density at radius 3 is 2.27 bits per heavy atom. The van der Waals surface area contributed by atoms with Crippen LogP contribution in [-0.4, -0.2) is 82.3 Å². The average molecular weight is 324 g/mol. The highest BCUT2D eigenvalue weighted by molar-refractivity contribution is 5.69. The van der Waals surface area contributed by atoms with E-state index in [1.165, 1.54) is 0 Å². The molecule has 0 aromatic heterocycles. The van der Waals surface area contributed by atoms with Crippen molar-refractivity contribution < 1.29 is 39.8 Å². The van der Waals surface area contributed by atoms with Crippen molar-refractivity contribution >= 4 is 5.97 Å². The quantitative estimate of drug-likeness (QED) is 0.270. The number of aliphatic hydroxyl groups excluding tert-OH is 5. The molecule has 8 heteroatoms. The van der Waals surface area contributed by atoms with Crippen LogP contribution in [0.1, 0.15) is 32.6 Å². The molecule has 0 aromatic carbocycles. The van der Waals surface area contributed by atoms with Crippen LogP contribution in [0, 0.1) is 0 Å². The summed E-state index contributed by atoms with van der Waals surface area (Å²) in [5.74, 6) is -0.417. The van der Waals surface area contributed by atoms with Gasteiger partial charge in [-0.15, -0.1) is 0 Å². The van der Waals surface area contributed by atoms with Gasteiger partial charge in [-0.3, -0.25) is 4.79 Å². The third-order valence-electron chi connectivity index (χ3n) is 3.10. The number of hydrogen-bond donors (Lipinski definition) is 5. The van der Waals surface area contributed by atoms with Crippen LogP contribution in [0.4, 0.5) is 0 Å². The molecule has 5 N–H and O–H groups in total. The predicted octanol–water partition coefficient (Wildman–Crippen LogP) is -1.44. The van der Waals surface area contributed by atoms with Crippen LogP contribution in [-0.2, 0) is 14.3 Å². The van der Waals surface area contributed by atoms with Crippen molar-refractivity contribution in [2.24, 2.45) is 0 Å². The second kappa shape index (κ2) is 12.7. The molecule has 132 valence electrons. The van der Waals surface area contributed by atoms with Crippen molar-refractivity contribution in [2.45, 2.75) is 57.0 Å². The number of carbonyl (C=O) groups is 1. The summed E-state index contributed by atoms with van der Waals surface area (Å²) in [6.07, 6.45) is -0.937. The number of rotatable bonds is 8. The van der Waals surface area contributed by atoms with Gasteiger partial charge in [0, 0.05) is 6.42 Å². The Hall–Kier alpha value is -0.770. The summed E-state index contributed by atoms with van der Waals surface area (Å²) in [4.78, 5) is 11.5. The lowest BCUT2D eigenvalue weighted by Crippen LogP contribution is -2.43. The highest BCUT2D eigenvalue weighted by atomic mass is 16.6. The summed E-state index contributed by atoms with van der Waals surface area (Å²) < 4.78 is 10.2. The Kier molecular flexibility index (Phi) is 12.3. The molecule has 0 bridgehead atoms. The first-order valence-electron chi connectivity index (χ1n) is 7.51. The molecule has 0 spiro atoms. The molecule has 0 unspecified atom stereocenters. The Morgan fingerprint density at radius 1 is 1.23 bits per heavy atom. The monoisotopic (exact) mass is 324 g/mol. The van der Waals surface area contributed by atoms with Gasteiger partial charge in [-0.05, 0) is 6.42 Å². The van der Waals surface area contributed by atoms with Crippen molar-refractivity contribution in [2.75, 3.05) is 26.4 Å². The fraction of sp³-hybridized carbons (Fsp3) is 0.929. The second-order valence-corrected chi connectivity index (χ2v) is 4.97. The maximum absolute atomic E-state index is 11.5. The first-order valence-corrected chi connectivity index (χ1v) is 7.51.